The largest absolute Gasteiger partial charge is 0.495 e. The molecule has 0 radical (unpaired) electrons. The molecule has 2 atom stereocenters. The van der Waals surface area contributed by atoms with Gasteiger partial charge in [-0.05, 0) is 35.9 Å². The molecule has 0 spiro atoms. The minimum Gasteiger partial charge on any atom is -0.495 e. The second-order valence-electron chi connectivity index (χ2n) is 5.05. The highest BCUT2D eigenvalue weighted by atomic mass is 79.9. The number of rotatable bonds is 3. The Kier molecular flexibility index (Phi) is 4.12. The zero-order valence-corrected chi connectivity index (χ0v) is 14.1. The molecule has 1 aliphatic rings. The van der Waals surface area contributed by atoms with Gasteiger partial charge in [0.25, 0.3) is 0 Å². The van der Waals surface area contributed by atoms with Crippen LogP contribution in [0.1, 0.15) is 11.6 Å². The molecule has 22 heavy (non-hydrogen) atoms. The molecule has 0 aromatic heterocycles. The van der Waals surface area contributed by atoms with Crippen molar-refractivity contribution in [1.29, 1.82) is 0 Å². The van der Waals surface area contributed by atoms with Crippen molar-refractivity contribution in [3.63, 3.8) is 0 Å². The molecule has 1 fully saturated rings. The minimum atomic E-state index is -0.540. The molecule has 1 saturated heterocycles. The van der Waals surface area contributed by atoms with Crippen LogP contribution in [-0.2, 0) is 4.79 Å². The van der Waals surface area contributed by atoms with Crippen LogP contribution >= 0.6 is 27.5 Å². The van der Waals surface area contributed by atoms with Crippen molar-refractivity contribution in [2.45, 2.75) is 12.1 Å². The Morgan fingerprint density at radius 3 is 2.50 bits per heavy atom. The van der Waals surface area contributed by atoms with Crippen molar-refractivity contribution < 1.29 is 9.53 Å². The number of benzene rings is 2. The van der Waals surface area contributed by atoms with Gasteiger partial charge in [-0.3, -0.25) is 4.79 Å². The third-order valence-electron chi connectivity index (χ3n) is 3.77. The SMILES string of the molecule is COc1ccc(N2C(=O)C(N)C2c2ccc(Br)cc2)cc1Cl. The number of carbonyl (C=O) groups excluding carboxylic acids is 1. The number of hydrogen-bond acceptors (Lipinski definition) is 3. The second-order valence-corrected chi connectivity index (χ2v) is 6.37. The van der Waals surface area contributed by atoms with E-state index in [0.717, 1.165) is 10.0 Å². The summed E-state index contributed by atoms with van der Waals surface area (Å²) < 4.78 is 6.12. The summed E-state index contributed by atoms with van der Waals surface area (Å²) in [6.45, 7) is 0. The number of nitrogens with zero attached hydrogens (tertiary/aromatic N) is 1. The summed E-state index contributed by atoms with van der Waals surface area (Å²) in [5.41, 5.74) is 7.70. The Morgan fingerprint density at radius 1 is 1.23 bits per heavy atom. The van der Waals surface area contributed by atoms with Crippen molar-refractivity contribution in [2.24, 2.45) is 5.73 Å². The number of carbonyl (C=O) groups is 1. The lowest BCUT2D eigenvalue weighted by atomic mass is 9.88. The van der Waals surface area contributed by atoms with Crippen molar-refractivity contribution in [1.82, 2.24) is 0 Å². The molecule has 6 heteroatoms. The maximum atomic E-state index is 12.2. The fourth-order valence-electron chi connectivity index (χ4n) is 2.62. The van der Waals surface area contributed by atoms with Gasteiger partial charge >= 0.3 is 0 Å². The molecule has 1 amide bonds. The molecule has 4 nitrogen and oxygen atoms in total. The quantitative estimate of drug-likeness (QED) is 0.828. The highest BCUT2D eigenvalue weighted by molar-refractivity contribution is 9.10. The first-order valence-electron chi connectivity index (χ1n) is 6.70. The van der Waals surface area contributed by atoms with Crippen molar-refractivity contribution in [3.8, 4) is 5.75 Å². The predicted molar refractivity (Wildman–Crippen MR) is 90.3 cm³/mol. The molecule has 3 rings (SSSR count). The highest BCUT2D eigenvalue weighted by Gasteiger charge is 2.46. The number of anilines is 1. The van der Waals surface area contributed by atoms with E-state index in [4.69, 9.17) is 22.1 Å². The lowest BCUT2D eigenvalue weighted by molar-refractivity contribution is -0.126. The summed E-state index contributed by atoms with van der Waals surface area (Å²) in [4.78, 5) is 13.9. The van der Waals surface area contributed by atoms with Crippen molar-refractivity contribution in [3.05, 3.63) is 57.5 Å². The van der Waals surface area contributed by atoms with Gasteiger partial charge in [0.05, 0.1) is 18.2 Å². The van der Waals surface area contributed by atoms with Gasteiger partial charge in [-0.25, -0.2) is 0 Å². The lowest BCUT2D eigenvalue weighted by Gasteiger charge is -2.45. The van der Waals surface area contributed by atoms with Crippen LogP contribution in [0, 0.1) is 0 Å². The third kappa shape index (κ3) is 2.49. The van der Waals surface area contributed by atoms with E-state index >= 15 is 0 Å². The lowest BCUT2D eigenvalue weighted by Crippen LogP contribution is -2.63. The van der Waals surface area contributed by atoms with Crippen LogP contribution in [0.2, 0.25) is 5.02 Å². The Morgan fingerprint density at radius 2 is 1.91 bits per heavy atom. The predicted octanol–water partition coefficient (Wildman–Crippen LogP) is 3.53. The van der Waals surface area contributed by atoms with Gasteiger partial charge in [-0.15, -0.1) is 0 Å². The van der Waals surface area contributed by atoms with E-state index < -0.39 is 6.04 Å². The van der Waals surface area contributed by atoms with E-state index in [1.807, 2.05) is 24.3 Å². The highest BCUT2D eigenvalue weighted by Crippen LogP contribution is 2.40. The zero-order valence-electron chi connectivity index (χ0n) is 11.8. The molecule has 114 valence electrons. The molecule has 1 heterocycles. The normalized spacial score (nSPS) is 20.7. The van der Waals surface area contributed by atoms with E-state index in [1.54, 1.807) is 30.2 Å². The molecule has 2 unspecified atom stereocenters. The fraction of sp³-hybridized carbons (Fsp3) is 0.188. The van der Waals surface area contributed by atoms with Crippen LogP contribution in [0.4, 0.5) is 5.69 Å². The smallest absolute Gasteiger partial charge is 0.247 e. The molecule has 2 aromatic carbocycles. The van der Waals surface area contributed by atoms with E-state index in [9.17, 15) is 4.79 Å². The number of methoxy groups -OCH3 is 1. The topological polar surface area (TPSA) is 55.6 Å². The van der Waals surface area contributed by atoms with Crippen LogP contribution in [0.3, 0.4) is 0 Å². The second kappa shape index (κ2) is 5.91. The summed E-state index contributed by atoms with van der Waals surface area (Å²) in [5, 5.41) is 0.461. The Hall–Kier alpha value is -1.56. The van der Waals surface area contributed by atoms with E-state index in [-0.39, 0.29) is 11.9 Å². The summed E-state index contributed by atoms with van der Waals surface area (Å²) >= 11 is 9.56. The zero-order chi connectivity index (χ0) is 15.9. The average molecular weight is 382 g/mol. The summed E-state index contributed by atoms with van der Waals surface area (Å²) in [7, 11) is 1.55. The standard InChI is InChI=1S/C16H14BrClN2O2/c1-22-13-7-6-11(8-12(13)18)20-15(14(19)16(20)21)9-2-4-10(17)5-3-9/h2-8,14-15H,19H2,1H3. The molecule has 2 N–H and O–H groups in total. The molecular weight excluding hydrogens is 368 g/mol. The van der Waals surface area contributed by atoms with Crippen LogP contribution in [-0.4, -0.2) is 19.1 Å². The molecule has 0 aliphatic carbocycles. The average Bonchev–Trinajstić information content (AvgIpc) is 2.52. The third-order valence-corrected chi connectivity index (χ3v) is 4.59. The number of nitrogens with two attached hydrogens (primary N) is 1. The van der Waals surface area contributed by atoms with Crippen molar-refractivity contribution in [2.75, 3.05) is 12.0 Å². The monoisotopic (exact) mass is 380 g/mol. The van der Waals surface area contributed by atoms with Crippen LogP contribution in [0.15, 0.2) is 46.9 Å². The van der Waals surface area contributed by atoms with Gasteiger partial charge in [-0.2, -0.15) is 0 Å². The summed E-state index contributed by atoms with van der Waals surface area (Å²) in [5.74, 6) is 0.456. The summed E-state index contributed by atoms with van der Waals surface area (Å²) in [6.07, 6.45) is 0. The number of halogens is 2. The number of hydrogen-bond donors (Lipinski definition) is 1. The van der Waals surface area contributed by atoms with E-state index in [2.05, 4.69) is 15.9 Å². The molecule has 0 bridgehead atoms. The fourth-order valence-corrected chi connectivity index (χ4v) is 3.14. The molecule has 0 saturated carbocycles. The molecule has 1 aliphatic heterocycles. The van der Waals surface area contributed by atoms with Crippen LogP contribution < -0.4 is 15.4 Å². The van der Waals surface area contributed by atoms with Gasteiger partial charge in [0.2, 0.25) is 5.91 Å². The summed E-state index contributed by atoms with van der Waals surface area (Å²) in [6, 6.07) is 12.3. The van der Waals surface area contributed by atoms with E-state index in [1.165, 1.54) is 0 Å². The van der Waals surface area contributed by atoms with E-state index in [0.29, 0.717) is 16.5 Å². The van der Waals surface area contributed by atoms with Crippen LogP contribution in [0.5, 0.6) is 5.75 Å². The first kappa shape index (κ1) is 15.3. The number of amides is 1. The maximum absolute atomic E-state index is 12.2. The Bertz CT molecular complexity index is 721. The molecular formula is C16H14BrClN2O2. The van der Waals surface area contributed by atoms with Crippen LogP contribution in [0.25, 0.3) is 0 Å². The Balaban J connectivity index is 1.96. The Labute approximate surface area is 141 Å². The number of ether oxygens (including phenoxy) is 1. The van der Waals surface area contributed by atoms with Gasteiger partial charge in [0, 0.05) is 10.2 Å². The van der Waals surface area contributed by atoms with Gasteiger partial charge in [0.15, 0.2) is 0 Å². The van der Waals surface area contributed by atoms with Gasteiger partial charge in [-0.1, -0.05) is 39.7 Å². The van der Waals surface area contributed by atoms with Crippen molar-refractivity contribution >= 4 is 39.1 Å². The van der Waals surface area contributed by atoms with Gasteiger partial charge in [0.1, 0.15) is 11.8 Å². The number of β-lactam (4-membered cyclic amide) rings is 1. The molecule has 2 aromatic rings. The minimum absolute atomic E-state index is 0.117. The van der Waals surface area contributed by atoms with Gasteiger partial charge < -0.3 is 15.4 Å². The first-order valence-corrected chi connectivity index (χ1v) is 7.87. The first-order chi connectivity index (χ1) is 10.5. The maximum Gasteiger partial charge on any atom is 0.247 e.